The topological polar surface area (TPSA) is 24.9 Å². The highest BCUT2D eigenvalue weighted by Gasteiger charge is 2.41. The highest BCUT2D eigenvalue weighted by atomic mass is 32.1. The van der Waals surface area contributed by atoms with E-state index < -0.39 is 0 Å². The number of aromatic nitrogens is 1. The first-order chi connectivity index (χ1) is 9.28. The normalized spacial score (nSPS) is 26.1. The molecule has 3 rings (SSSR count). The van der Waals surface area contributed by atoms with Crippen molar-refractivity contribution in [2.24, 2.45) is 0 Å². The quantitative estimate of drug-likeness (QED) is 0.917. The summed E-state index contributed by atoms with van der Waals surface area (Å²) in [7, 11) is 0. The highest BCUT2D eigenvalue weighted by Crippen LogP contribution is 2.45. The largest absolute Gasteiger partial charge is 0.302 e. The summed E-state index contributed by atoms with van der Waals surface area (Å²) in [6.07, 6.45) is 4.26. The van der Waals surface area contributed by atoms with Gasteiger partial charge in [0.1, 0.15) is 5.01 Å². The average molecular weight is 272 g/mol. The molecule has 2 unspecified atom stereocenters. The summed E-state index contributed by atoms with van der Waals surface area (Å²) in [4.78, 5) is 4.61. The molecule has 1 aromatic carbocycles. The summed E-state index contributed by atoms with van der Waals surface area (Å²) in [5, 5.41) is 7.01. The Bertz CT molecular complexity index is 550. The molecule has 0 bridgehead atoms. The van der Waals surface area contributed by atoms with Crippen molar-refractivity contribution in [3.8, 4) is 0 Å². The van der Waals surface area contributed by atoms with Crippen LogP contribution in [0.25, 0.3) is 0 Å². The minimum atomic E-state index is -0.0774. The molecule has 2 atom stereocenters. The maximum absolute atomic E-state index is 4.61. The van der Waals surface area contributed by atoms with Crippen molar-refractivity contribution in [3.05, 3.63) is 52.0 Å². The Labute approximate surface area is 118 Å². The average Bonchev–Trinajstić information content (AvgIpc) is 2.97. The van der Waals surface area contributed by atoms with Gasteiger partial charge in [-0.3, -0.25) is 0 Å². The van der Waals surface area contributed by atoms with Gasteiger partial charge in [-0.25, -0.2) is 4.98 Å². The van der Waals surface area contributed by atoms with Gasteiger partial charge in [-0.15, -0.1) is 11.3 Å². The van der Waals surface area contributed by atoms with E-state index in [1.165, 1.54) is 22.6 Å². The van der Waals surface area contributed by atoms with Gasteiger partial charge in [0.15, 0.2) is 0 Å². The molecule has 0 saturated carbocycles. The van der Waals surface area contributed by atoms with Crippen LogP contribution in [0, 0.1) is 0 Å². The van der Waals surface area contributed by atoms with Crippen LogP contribution in [0.4, 0.5) is 0 Å². The Balaban J connectivity index is 2.19. The monoisotopic (exact) mass is 272 g/mol. The van der Waals surface area contributed by atoms with Crippen LogP contribution in [0.3, 0.4) is 0 Å². The molecular weight excluding hydrogens is 252 g/mol. The van der Waals surface area contributed by atoms with Crippen LogP contribution in [-0.2, 0) is 5.54 Å². The second kappa shape index (κ2) is 5.06. The van der Waals surface area contributed by atoms with Gasteiger partial charge in [0.05, 0.1) is 5.54 Å². The molecule has 1 aliphatic carbocycles. The van der Waals surface area contributed by atoms with Crippen molar-refractivity contribution in [3.63, 3.8) is 0 Å². The third-order valence-corrected chi connectivity index (χ3v) is 5.11. The summed E-state index contributed by atoms with van der Waals surface area (Å²) < 4.78 is 0. The maximum Gasteiger partial charge on any atom is 0.117 e. The molecule has 0 spiro atoms. The van der Waals surface area contributed by atoms with E-state index in [-0.39, 0.29) is 5.54 Å². The van der Waals surface area contributed by atoms with E-state index in [1.54, 1.807) is 11.3 Å². The first-order valence-electron chi connectivity index (χ1n) is 7.02. The van der Waals surface area contributed by atoms with Gasteiger partial charge in [0.2, 0.25) is 0 Å². The summed E-state index contributed by atoms with van der Waals surface area (Å²) in [6.45, 7) is 5.47. The van der Waals surface area contributed by atoms with Crippen molar-refractivity contribution in [1.82, 2.24) is 10.3 Å². The Hall–Kier alpha value is -1.19. The number of fused-ring (bicyclic) bond motifs is 1. The van der Waals surface area contributed by atoms with Crippen molar-refractivity contribution < 1.29 is 0 Å². The number of nitrogens with zero attached hydrogens (tertiary/aromatic N) is 1. The Morgan fingerprint density at radius 3 is 3.00 bits per heavy atom. The van der Waals surface area contributed by atoms with E-state index in [9.17, 15) is 0 Å². The van der Waals surface area contributed by atoms with Gasteiger partial charge in [0.25, 0.3) is 0 Å². The molecule has 2 aromatic rings. The molecule has 0 radical (unpaired) electrons. The fraction of sp³-hybridized carbons (Fsp3) is 0.438. The molecule has 3 heteroatoms. The van der Waals surface area contributed by atoms with Crippen LogP contribution in [0.15, 0.2) is 35.8 Å². The van der Waals surface area contributed by atoms with Crippen LogP contribution in [-0.4, -0.2) is 11.5 Å². The molecule has 0 aliphatic heterocycles. The molecule has 1 N–H and O–H groups in total. The summed E-state index contributed by atoms with van der Waals surface area (Å²) >= 11 is 1.76. The van der Waals surface area contributed by atoms with Crippen molar-refractivity contribution in [2.75, 3.05) is 6.54 Å². The van der Waals surface area contributed by atoms with Crippen molar-refractivity contribution in [2.45, 2.75) is 38.1 Å². The second-order valence-electron chi connectivity index (χ2n) is 5.30. The first-order valence-corrected chi connectivity index (χ1v) is 7.90. The molecule has 1 aliphatic rings. The fourth-order valence-corrected chi connectivity index (χ4v) is 4.11. The molecule has 0 amide bonds. The smallest absolute Gasteiger partial charge is 0.117 e. The van der Waals surface area contributed by atoms with Crippen LogP contribution in [0.5, 0.6) is 0 Å². The van der Waals surface area contributed by atoms with Crippen LogP contribution in [0.1, 0.15) is 48.7 Å². The maximum atomic E-state index is 4.61. The lowest BCUT2D eigenvalue weighted by Crippen LogP contribution is -2.46. The van der Waals surface area contributed by atoms with Gasteiger partial charge in [-0.1, -0.05) is 38.1 Å². The van der Waals surface area contributed by atoms with Crippen molar-refractivity contribution >= 4 is 11.3 Å². The van der Waals surface area contributed by atoms with Gasteiger partial charge in [0, 0.05) is 11.6 Å². The number of rotatable bonds is 3. The lowest BCUT2D eigenvalue weighted by Gasteiger charge is -2.40. The Morgan fingerprint density at radius 2 is 2.26 bits per heavy atom. The summed E-state index contributed by atoms with van der Waals surface area (Å²) in [5.74, 6) is 0.642. The zero-order valence-electron chi connectivity index (χ0n) is 11.5. The third kappa shape index (κ3) is 2.01. The number of hydrogen-bond donors (Lipinski definition) is 1. The van der Waals surface area contributed by atoms with E-state index in [4.69, 9.17) is 0 Å². The van der Waals surface area contributed by atoms with E-state index in [0.29, 0.717) is 5.92 Å². The van der Waals surface area contributed by atoms with Gasteiger partial charge >= 0.3 is 0 Å². The zero-order valence-corrected chi connectivity index (χ0v) is 12.3. The van der Waals surface area contributed by atoms with Gasteiger partial charge in [-0.05, 0) is 36.4 Å². The molecule has 1 aromatic heterocycles. The molecule has 19 heavy (non-hydrogen) atoms. The van der Waals surface area contributed by atoms with Crippen LogP contribution < -0.4 is 5.32 Å². The van der Waals surface area contributed by atoms with Crippen LogP contribution >= 0.6 is 11.3 Å². The van der Waals surface area contributed by atoms with Gasteiger partial charge < -0.3 is 5.32 Å². The SMILES string of the molecule is CCNC1(c2nccs2)CCC(C)c2ccccc21. The number of nitrogens with one attached hydrogen (secondary N) is 1. The zero-order chi connectivity index (χ0) is 13.3. The second-order valence-corrected chi connectivity index (χ2v) is 6.19. The van der Waals surface area contributed by atoms with E-state index in [0.717, 1.165) is 13.0 Å². The molecule has 100 valence electrons. The summed E-state index contributed by atoms with van der Waals surface area (Å²) in [5.41, 5.74) is 2.82. The molecule has 0 fully saturated rings. The highest BCUT2D eigenvalue weighted by molar-refractivity contribution is 7.09. The Kier molecular flexibility index (Phi) is 3.42. The van der Waals surface area contributed by atoms with E-state index >= 15 is 0 Å². The Morgan fingerprint density at radius 1 is 1.42 bits per heavy atom. The van der Waals surface area contributed by atoms with Crippen molar-refractivity contribution in [1.29, 1.82) is 0 Å². The number of benzene rings is 1. The molecule has 0 saturated heterocycles. The minimum Gasteiger partial charge on any atom is -0.302 e. The molecule has 2 nitrogen and oxygen atoms in total. The predicted octanol–water partition coefficient (Wildman–Crippen LogP) is 3.89. The lowest BCUT2D eigenvalue weighted by atomic mass is 9.72. The van der Waals surface area contributed by atoms with E-state index in [2.05, 4.69) is 53.8 Å². The number of hydrogen-bond acceptors (Lipinski definition) is 3. The standard InChI is InChI=1S/C16H20N2S/c1-3-18-16(15-17-10-11-19-15)9-8-12(2)13-6-4-5-7-14(13)16/h4-7,10-12,18H,3,8-9H2,1-2H3. The predicted molar refractivity (Wildman–Crippen MR) is 80.7 cm³/mol. The molecular formula is C16H20N2S. The minimum absolute atomic E-state index is 0.0774. The van der Waals surface area contributed by atoms with Crippen LogP contribution in [0.2, 0.25) is 0 Å². The molecule has 1 heterocycles. The lowest BCUT2D eigenvalue weighted by molar-refractivity contribution is 0.333. The van der Waals surface area contributed by atoms with E-state index in [1.807, 2.05) is 6.20 Å². The van der Waals surface area contributed by atoms with Gasteiger partial charge in [-0.2, -0.15) is 0 Å². The third-order valence-electron chi connectivity index (χ3n) is 4.18. The first kappa shape index (κ1) is 12.8. The number of thiazole rings is 1. The summed E-state index contributed by atoms with van der Waals surface area (Å²) in [6, 6.07) is 8.85. The fourth-order valence-electron chi connectivity index (χ4n) is 3.26.